The highest BCUT2D eigenvalue weighted by molar-refractivity contribution is 9.10. The van der Waals surface area contributed by atoms with Crippen molar-refractivity contribution in [1.29, 1.82) is 0 Å². The molecule has 0 bridgehead atoms. The number of hydrogen-bond donors (Lipinski definition) is 3. The van der Waals surface area contributed by atoms with E-state index in [4.69, 9.17) is 34.1 Å². The van der Waals surface area contributed by atoms with E-state index >= 15 is 0 Å². The monoisotopic (exact) mass is 403 g/mol. The minimum Gasteiger partial charge on any atom is -0.409 e. The molecule has 6 nitrogen and oxygen atoms in total. The van der Waals surface area contributed by atoms with Gasteiger partial charge in [0.05, 0.1) is 10.0 Å². The summed E-state index contributed by atoms with van der Waals surface area (Å²) in [6.07, 6.45) is 0. The Bertz CT molecular complexity index is 614. The van der Waals surface area contributed by atoms with Crippen LogP contribution < -0.4 is 10.5 Å². The number of halogens is 3. The standard InChI is InChI=1S/C10H12BrCl2N3O3S/c1-5(10(14)16-17)4-15-20(18,19)9-7(12)2-6(11)3-8(9)13/h2-3,5,15,17H,4H2,1H3,(H2,14,16). The molecular formula is C10H12BrCl2N3O3S. The first-order chi connectivity index (χ1) is 9.19. The minimum atomic E-state index is -3.90. The summed E-state index contributed by atoms with van der Waals surface area (Å²) in [4.78, 5) is -0.212. The summed E-state index contributed by atoms with van der Waals surface area (Å²) >= 11 is 15.0. The second-order valence-electron chi connectivity index (χ2n) is 3.98. The van der Waals surface area contributed by atoms with Crippen molar-refractivity contribution in [1.82, 2.24) is 4.72 Å². The van der Waals surface area contributed by atoms with Crippen LogP contribution in [0, 0.1) is 5.92 Å². The molecule has 1 unspecified atom stereocenters. The molecule has 20 heavy (non-hydrogen) atoms. The van der Waals surface area contributed by atoms with Crippen LogP contribution in [-0.2, 0) is 10.0 Å². The molecule has 0 heterocycles. The van der Waals surface area contributed by atoms with Gasteiger partial charge in [-0.3, -0.25) is 0 Å². The summed E-state index contributed by atoms with van der Waals surface area (Å²) in [5.41, 5.74) is 5.37. The zero-order valence-electron chi connectivity index (χ0n) is 10.3. The van der Waals surface area contributed by atoms with Gasteiger partial charge >= 0.3 is 0 Å². The number of amidine groups is 1. The summed E-state index contributed by atoms with van der Waals surface area (Å²) in [6, 6.07) is 2.85. The van der Waals surface area contributed by atoms with Gasteiger partial charge < -0.3 is 10.9 Å². The van der Waals surface area contributed by atoms with E-state index in [1.807, 2.05) is 0 Å². The van der Waals surface area contributed by atoms with Crippen LogP contribution in [0.5, 0.6) is 0 Å². The predicted molar refractivity (Wildman–Crippen MR) is 81.9 cm³/mol. The number of nitrogens with zero attached hydrogens (tertiary/aromatic N) is 1. The molecule has 0 spiro atoms. The van der Waals surface area contributed by atoms with Crippen molar-refractivity contribution in [3.63, 3.8) is 0 Å². The van der Waals surface area contributed by atoms with Crippen LogP contribution in [0.2, 0.25) is 10.0 Å². The molecule has 0 aliphatic heterocycles. The van der Waals surface area contributed by atoms with Crippen LogP contribution in [0.15, 0.2) is 26.7 Å². The molecule has 112 valence electrons. The molecule has 0 aromatic heterocycles. The molecule has 0 saturated heterocycles. The normalized spacial score (nSPS) is 14.3. The molecule has 0 amide bonds. The average molecular weight is 405 g/mol. The third kappa shape index (κ3) is 4.23. The van der Waals surface area contributed by atoms with Crippen molar-refractivity contribution in [2.45, 2.75) is 11.8 Å². The highest BCUT2D eigenvalue weighted by Crippen LogP contribution is 2.32. The van der Waals surface area contributed by atoms with Gasteiger partial charge in [-0.05, 0) is 12.1 Å². The van der Waals surface area contributed by atoms with Gasteiger partial charge in [0.1, 0.15) is 10.7 Å². The van der Waals surface area contributed by atoms with E-state index in [1.165, 1.54) is 12.1 Å². The second kappa shape index (κ2) is 6.95. The maximum Gasteiger partial charge on any atom is 0.243 e. The van der Waals surface area contributed by atoms with Crippen molar-refractivity contribution in [3.8, 4) is 0 Å². The molecule has 1 atom stereocenters. The predicted octanol–water partition coefficient (Wildman–Crippen LogP) is 2.42. The van der Waals surface area contributed by atoms with E-state index in [1.54, 1.807) is 6.92 Å². The molecule has 1 aromatic rings. The summed E-state index contributed by atoms with van der Waals surface area (Å²) in [7, 11) is -3.90. The Balaban J connectivity index is 3.02. The van der Waals surface area contributed by atoms with Crippen LogP contribution in [0.4, 0.5) is 0 Å². The van der Waals surface area contributed by atoms with Crippen LogP contribution in [-0.4, -0.2) is 26.0 Å². The molecule has 0 saturated carbocycles. The first-order valence-electron chi connectivity index (χ1n) is 5.30. The number of rotatable bonds is 5. The fourth-order valence-corrected chi connectivity index (χ4v) is 4.36. The van der Waals surface area contributed by atoms with Gasteiger partial charge in [-0.15, -0.1) is 0 Å². The van der Waals surface area contributed by atoms with E-state index in [-0.39, 0.29) is 27.3 Å². The summed E-state index contributed by atoms with van der Waals surface area (Å²) in [5, 5.41) is 11.3. The Morgan fingerprint density at radius 2 is 2.00 bits per heavy atom. The van der Waals surface area contributed by atoms with Crippen LogP contribution in [0.25, 0.3) is 0 Å². The quantitative estimate of drug-likeness (QED) is 0.303. The number of oxime groups is 1. The first kappa shape index (κ1) is 17.5. The zero-order valence-corrected chi connectivity index (χ0v) is 14.2. The van der Waals surface area contributed by atoms with Gasteiger partial charge in [-0.1, -0.05) is 51.2 Å². The van der Waals surface area contributed by atoms with E-state index in [0.717, 1.165) is 0 Å². The molecule has 4 N–H and O–H groups in total. The van der Waals surface area contributed by atoms with Gasteiger partial charge in [0.15, 0.2) is 0 Å². The summed E-state index contributed by atoms with van der Waals surface area (Å²) < 4.78 is 27.2. The number of nitrogens with one attached hydrogen (secondary N) is 1. The summed E-state index contributed by atoms with van der Waals surface area (Å²) in [6.45, 7) is 1.54. The highest BCUT2D eigenvalue weighted by atomic mass is 79.9. The van der Waals surface area contributed by atoms with E-state index < -0.39 is 15.9 Å². The van der Waals surface area contributed by atoms with Gasteiger partial charge in [0.25, 0.3) is 0 Å². The first-order valence-corrected chi connectivity index (χ1v) is 8.34. The molecule has 0 radical (unpaired) electrons. The van der Waals surface area contributed by atoms with Crippen LogP contribution in [0.3, 0.4) is 0 Å². The van der Waals surface area contributed by atoms with Crippen molar-refractivity contribution < 1.29 is 13.6 Å². The third-order valence-corrected chi connectivity index (χ3v) is 5.23. The topological polar surface area (TPSA) is 105 Å². The molecule has 1 aromatic carbocycles. The van der Waals surface area contributed by atoms with E-state index in [9.17, 15) is 8.42 Å². The summed E-state index contributed by atoms with van der Waals surface area (Å²) in [5.74, 6) is -0.566. The molecule has 0 fully saturated rings. The average Bonchev–Trinajstić information content (AvgIpc) is 2.33. The van der Waals surface area contributed by atoms with Crippen LogP contribution >= 0.6 is 39.1 Å². The molecule has 10 heteroatoms. The smallest absolute Gasteiger partial charge is 0.243 e. The van der Waals surface area contributed by atoms with Gasteiger partial charge in [-0.25, -0.2) is 13.1 Å². The van der Waals surface area contributed by atoms with Crippen molar-refractivity contribution in [3.05, 3.63) is 26.7 Å². The number of nitrogens with two attached hydrogens (primary N) is 1. The largest absolute Gasteiger partial charge is 0.409 e. The third-order valence-electron chi connectivity index (χ3n) is 2.43. The van der Waals surface area contributed by atoms with Gasteiger partial charge in [0.2, 0.25) is 10.0 Å². The molecule has 0 aliphatic rings. The number of hydrogen-bond acceptors (Lipinski definition) is 4. The highest BCUT2D eigenvalue weighted by Gasteiger charge is 2.23. The van der Waals surface area contributed by atoms with E-state index in [2.05, 4.69) is 25.8 Å². The maximum atomic E-state index is 12.2. The Morgan fingerprint density at radius 3 is 2.45 bits per heavy atom. The fraction of sp³-hybridized carbons (Fsp3) is 0.300. The van der Waals surface area contributed by atoms with E-state index in [0.29, 0.717) is 4.47 Å². The van der Waals surface area contributed by atoms with Gasteiger partial charge in [0, 0.05) is 16.9 Å². The Kier molecular flexibility index (Phi) is 6.08. The molecule has 1 rings (SSSR count). The molecular weight excluding hydrogens is 393 g/mol. The number of benzene rings is 1. The lowest BCUT2D eigenvalue weighted by Crippen LogP contribution is -2.34. The minimum absolute atomic E-state index is 0.00618. The van der Waals surface area contributed by atoms with Gasteiger partial charge in [-0.2, -0.15) is 0 Å². The Hall–Kier alpha value is -0.540. The lowest BCUT2D eigenvalue weighted by atomic mass is 10.2. The van der Waals surface area contributed by atoms with Crippen molar-refractivity contribution >= 4 is 55.0 Å². The maximum absolute atomic E-state index is 12.2. The lowest BCUT2D eigenvalue weighted by molar-refractivity contribution is 0.314. The zero-order chi connectivity index (χ0) is 15.5. The van der Waals surface area contributed by atoms with Crippen LogP contribution in [0.1, 0.15) is 6.92 Å². The van der Waals surface area contributed by atoms with Crippen molar-refractivity contribution in [2.75, 3.05) is 6.54 Å². The fourth-order valence-electron chi connectivity index (χ4n) is 1.30. The second-order valence-corrected chi connectivity index (χ2v) is 7.41. The lowest BCUT2D eigenvalue weighted by Gasteiger charge is -2.13. The van der Waals surface area contributed by atoms with Crippen molar-refractivity contribution in [2.24, 2.45) is 16.8 Å². The Morgan fingerprint density at radius 1 is 1.50 bits per heavy atom. The Labute approximate surface area is 135 Å². The molecule has 0 aliphatic carbocycles. The number of sulfonamides is 1. The SMILES string of the molecule is CC(CNS(=O)(=O)c1c(Cl)cc(Br)cc1Cl)C(N)=NO.